The minimum absolute atomic E-state index is 0.448. The highest BCUT2D eigenvalue weighted by Gasteiger charge is 2.24. The van der Waals surface area contributed by atoms with Crippen LogP contribution in [0.25, 0.3) is 16.1 Å². The summed E-state index contributed by atoms with van der Waals surface area (Å²) < 4.78 is 7.24. The largest absolute Gasteiger partial charge is 0.383 e. The van der Waals surface area contributed by atoms with Crippen molar-refractivity contribution in [3.63, 3.8) is 0 Å². The Labute approximate surface area is 181 Å². The minimum Gasteiger partial charge on any atom is -0.383 e. The van der Waals surface area contributed by atoms with Crippen LogP contribution in [0.5, 0.6) is 0 Å². The Morgan fingerprint density at radius 3 is 2.55 bits per heavy atom. The molecule has 0 aromatic carbocycles. The van der Waals surface area contributed by atoms with Crippen LogP contribution in [0.15, 0.2) is 6.07 Å². The molecule has 0 spiro atoms. The van der Waals surface area contributed by atoms with E-state index in [0.29, 0.717) is 17.7 Å². The first-order valence-electron chi connectivity index (χ1n) is 10.2. The maximum absolute atomic E-state index is 6.62. The number of rotatable bonds is 9. The topological polar surface area (TPSA) is 55.5 Å². The van der Waals surface area contributed by atoms with Crippen LogP contribution in [0.3, 0.4) is 0 Å². The molecular weight excluding hydrogens is 406 g/mol. The summed E-state index contributed by atoms with van der Waals surface area (Å²) in [6.07, 6.45) is 2.14. The molecule has 3 heterocycles. The number of fused-ring (bicyclic) bond motifs is 1. The number of hydrogen-bond donors (Lipinski definition) is 0. The van der Waals surface area contributed by atoms with Crippen LogP contribution in [-0.2, 0) is 4.74 Å². The SMILES string of the molecule is CCC(CC)c1cc(C)nc2c(-c3sc(N(CC)CCOC)nc3Cl)c(C)nn12. The Morgan fingerprint density at radius 2 is 1.93 bits per heavy atom. The van der Waals surface area contributed by atoms with Gasteiger partial charge < -0.3 is 9.64 Å². The Morgan fingerprint density at radius 1 is 1.21 bits per heavy atom. The summed E-state index contributed by atoms with van der Waals surface area (Å²) in [6.45, 7) is 12.9. The second kappa shape index (κ2) is 9.41. The van der Waals surface area contributed by atoms with Crippen molar-refractivity contribution < 1.29 is 4.74 Å². The van der Waals surface area contributed by atoms with Gasteiger partial charge in [-0.05, 0) is 39.7 Å². The third kappa shape index (κ3) is 4.27. The predicted octanol–water partition coefficient (Wildman–Crippen LogP) is 5.50. The molecule has 0 amide bonds. The van der Waals surface area contributed by atoms with Gasteiger partial charge in [-0.25, -0.2) is 14.5 Å². The number of methoxy groups -OCH3 is 1. The third-order valence-electron chi connectivity index (χ3n) is 5.34. The fourth-order valence-corrected chi connectivity index (χ4v) is 5.19. The molecule has 0 bridgehead atoms. The van der Waals surface area contributed by atoms with Crippen LogP contribution in [0.4, 0.5) is 5.13 Å². The van der Waals surface area contributed by atoms with Gasteiger partial charge in [0.1, 0.15) is 5.15 Å². The molecule has 0 radical (unpaired) electrons. The second-order valence-electron chi connectivity index (χ2n) is 7.22. The zero-order chi connectivity index (χ0) is 21.1. The Kier molecular flexibility index (Phi) is 7.14. The summed E-state index contributed by atoms with van der Waals surface area (Å²) in [5, 5.41) is 6.26. The Balaban J connectivity index is 2.15. The summed E-state index contributed by atoms with van der Waals surface area (Å²) in [4.78, 5) is 12.6. The zero-order valence-corrected chi connectivity index (χ0v) is 19.7. The average Bonchev–Trinajstić information content (AvgIpc) is 3.22. The van der Waals surface area contributed by atoms with Gasteiger partial charge in [-0.1, -0.05) is 36.8 Å². The molecule has 0 unspecified atom stereocenters. The van der Waals surface area contributed by atoms with Crippen LogP contribution in [-0.4, -0.2) is 46.4 Å². The average molecular weight is 436 g/mol. The lowest BCUT2D eigenvalue weighted by molar-refractivity contribution is 0.205. The molecule has 8 heteroatoms. The van der Waals surface area contributed by atoms with Crippen molar-refractivity contribution in [2.45, 2.75) is 53.4 Å². The summed E-state index contributed by atoms with van der Waals surface area (Å²) in [5.41, 5.74) is 4.98. The molecule has 0 aliphatic carbocycles. The number of ether oxygens (including phenoxy) is 1. The van der Waals surface area contributed by atoms with Gasteiger partial charge >= 0.3 is 0 Å². The fraction of sp³-hybridized carbons (Fsp3) is 0.571. The van der Waals surface area contributed by atoms with Crippen molar-refractivity contribution in [3.05, 3.63) is 28.3 Å². The van der Waals surface area contributed by atoms with E-state index >= 15 is 0 Å². The highest BCUT2D eigenvalue weighted by Crippen LogP contribution is 2.41. The quantitative estimate of drug-likeness (QED) is 0.444. The van der Waals surface area contributed by atoms with E-state index < -0.39 is 0 Å². The number of thiazole rings is 1. The van der Waals surface area contributed by atoms with Gasteiger partial charge in [-0.3, -0.25) is 0 Å². The van der Waals surface area contributed by atoms with Crippen LogP contribution >= 0.6 is 22.9 Å². The van der Waals surface area contributed by atoms with Gasteiger partial charge in [0.15, 0.2) is 10.8 Å². The summed E-state index contributed by atoms with van der Waals surface area (Å²) in [7, 11) is 1.71. The van der Waals surface area contributed by atoms with Crippen molar-refractivity contribution in [1.82, 2.24) is 19.6 Å². The van der Waals surface area contributed by atoms with E-state index in [1.165, 1.54) is 5.69 Å². The maximum Gasteiger partial charge on any atom is 0.187 e. The zero-order valence-electron chi connectivity index (χ0n) is 18.1. The number of aromatic nitrogens is 4. The van der Waals surface area contributed by atoms with Crippen LogP contribution in [0.1, 0.15) is 56.6 Å². The third-order valence-corrected chi connectivity index (χ3v) is 6.86. The summed E-state index contributed by atoms with van der Waals surface area (Å²) >= 11 is 8.21. The lowest BCUT2D eigenvalue weighted by Gasteiger charge is -2.18. The normalized spacial score (nSPS) is 11.7. The maximum atomic E-state index is 6.62. The van der Waals surface area contributed by atoms with E-state index in [4.69, 9.17) is 26.4 Å². The summed E-state index contributed by atoms with van der Waals surface area (Å²) in [6, 6.07) is 2.16. The first-order chi connectivity index (χ1) is 13.9. The first kappa shape index (κ1) is 22.0. The van der Waals surface area contributed by atoms with Crippen LogP contribution in [0.2, 0.25) is 5.15 Å². The molecule has 0 saturated heterocycles. The van der Waals surface area contributed by atoms with Gasteiger partial charge in [0.05, 0.1) is 22.7 Å². The number of likely N-dealkylation sites (N-methyl/N-ethyl adjacent to an activating group) is 1. The molecule has 0 atom stereocenters. The number of hydrogen-bond acceptors (Lipinski definition) is 6. The van der Waals surface area contributed by atoms with E-state index in [0.717, 1.165) is 58.5 Å². The van der Waals surface area contributed by atoms with Gasteiger partial charge in [-0.15, -0.1) is 0 Å². The molecule has 0 aliphatic rings. The summed E-state index contributed by atoms with van der Waals surface area (Å²) in [5.74, 6) is 0.448. The lowest BCUT2D eigenvalue weighted by atomic mass is 9.98. The van der Waals surface area contributed by atoms with E-state index in [2.05, 4.69) is 36.7 Å². The minimum atomic E-state index is 0.448. The van der Waals surface area contributed by atoms with Crippen molar-refractivity contribution in [2.24, 2.45) is 0 Å². The number of anilines is 1. The van der Waals surface area contributed by atoms with E-state index in [1.807, 2.05) is 18.4 Å². The van der Waals surface area contributed by atoms with Gasteiger partial charge in [0, 0.05) is 37.5 Å². The van der Waals surface area contributed by atoms with E-state index in [9.17, 15) is 0 Å². The van der Waals surface area contributed by atoms with Crippen LogP contribution < -0.4 is 4.90 Å². The highest BCUT2D eigenvalue weighted by molar-refractivity contribution is 7.19. The van der Waals surface area contributed by atoms with Gasteiger partial charge in [0.25, 0.3) is 0 Å². The van der Waals surface area contributed by atoms with Crippen molar-refractivity contribution in [3.8, 4) is 10.4 Å². The number of halogens is 1. The molecule has 158 valence electrons. The lowest BCUT2D eigenvalue weighted by Crippen LogP contribution is -2.26. The molecule has 3 aromatic rings. The molecule has 6 nitrogen and oxygen atoms in total. The molecule has 3 rings (SSSR count). The van der Waals surface area contributed by atoms with E-state index in [-0.39, 0.29) is 0 Å². The standard InChI is InChI=1S/C21H30ClN5OS/c1-7-15(8-2)16-12-13(4)23-20-17(14(5)25-27(16)20)18-19(22)24-21(29-18)26(9-3)10-11-28-6/h12,15H,7-11H2,1-6H3. The Hall–Kier alpha value is -1.70. The highest BCUT2D eigenvalue weighted by atomic mass is 35.5. The molecule has 0 N–H and O–H groups in total. The van der Waals surface area contributed by atoms with Gasteiger partial charge in [-0.2, -0.15) is 5.10 Å². The number of nitrogens with zero attached hydrogens (tertiary/aromatic N) is 5. The van der Waals surface area contributed by atoms with E-state index in [1.54, 1.807) is 18.4 Å². The molecule has 29 heavy (non-hydrogen) atoms. The molecule has 0 fully saturated rings. The fourth-order valence-electron chi connectivity index (χ4n) is 3.71. The molecule has 0 saturated carbocycles. The molecule has 0 aliphatic heterocycles. The monoisotopic (exact) mass is 435 g/mol. The first-order valence-corrected chi connectivity index (χ1v) is 11.4. The van der Waals surface area contributed by atoms with Crippen molar-refractivity contribution in [1.29, 1.82) is 0 Å². The van der Waals surface area contributed by atoms with Crippen LogP contribution in [0, 0.1) is 13.8 Å². The number of aryl methyl sites for hydroxylation is 2. The second-order valence-corrected chi connectivity index (χ2v) is 8.56. The molecular formula is C21H30ClN5OS. The Bertz CT molecular complexity index is 979. The van der Waals surface area contributed by atoms with Gasteiger partial charge in [0.2, 0.25) is 0 Å². The predicted molar refractivity (Wildman–Crippen MR) is 122 cm³/mol. The van der Waals surface area contributed by atoms with Crippen molar-refractivity contribution >= 4 is 33.7 Å². The van der Waals surface area contributed by atoms with Crippen molar-refractivity contribution in [2.75, 3.05) is 31.7 Å². The smallest absolute Gasteiger partial charge is 0.187 e. The molecule has 3 aromatic heterocycles.